The summed E-state index contributed by atoms with van der Waals surface area (Å²) in [5, 5.41) is 3.04. The molecule has 0 spiro atoms. The number of benzene rings is 3. The number of hydrogen-bond donors (Lipinski definition) is 2. The molecule has 0 aromatic heterocycles. The lowest BCUT2D eigenvalue weighted by Gasteiger charge is -2.13. The summed E-state index contributed by atoms with van der Waals surface area (Å²) in [5.74, 6) is -0.502. The Kier molecular flexibility index (Phi) is 6.17. The number of sulfonamides is 1. The fraction of sp³-hybridized carbons (Fsp3) is 0.0952. The average molecular weight is 449 g/mol. The lowest BCUT2D eigenvalue weighted by molar-refractivity contribution is 0.102. The minimum absolute atomic E-state index is 0.00984. The predicted octanol–water partition coefficient (Wildman–Crippen LogP) is 5.66. The first-order valence-corrected chi connectivity index (χ1v) is 10.9. The van der Waals surface area contributed by atoms with Crippen LogP contribution in [0.2, 0.25) is 10.0 Å². The summed E-state index contributed by atoms with van der Waals surface area (Å²) in [6.45, 7) is 3.82. The summed E-state index contributed by atoms with van der Waals surface area (Å²) in [4.78, 5) is 12.4. The molecule has 0 heterocycles. The van der Waals surface area contributed by atoms with Gasteiger partial charge in [0.05, 0.1) is 15.7 Å². The van der Waals surface area contributed by atoms with E-state index in [0.717, 1.165) is 11.1 Å². The number of aryl methyl sites for hydroxylation is 2. The minimum Gasteiger partial charge on any atom is -0.321 e. The third-order valence-electron chi connectivity index (χ3n) is 4.36. The Balaban J connectivity index is 1.90. The van der Waals surface area contributed by atoms with Crippen LogP contribution in [0.25, 0.3) is 0 Å². The maximum absolute atomic E-state index is 12.9. The molecule has 150 valence electrons. The molecule has 29 heavy (non-hydrogen) atoms. The van der Waals surface area contributed by atoms with Crippen LogP contribution in [0.4, 0.5) is 11.4 Å². The smallest absolute Gasteiger partial charge is 0.263 e. The minimum atomic E-state index is -4.00. The number of nitrogens with one attached hydrogen (secondary N) is 2. The standard InChI is InChI=1S/C21H18Cl2N2O3S/c1-13-7-9-16(11-14(13)2)25-29(27,28)20-12-15(8-10-18(20)23)21(26)24-19-6-4-3-5-17(19)22/h3-12,25H,1-2H3,(H,24,26). The monoisotopic (exact) mass is 448 g/mol. The summed E-state index contributed by atoms with van der Waals surface area (Å²) in [5.41, 5.74) is 2.96. The molecule has 0 aliphatic carbocycles. The van der Waals surface area contributed by atoms with Gasteiger partial charge in [-0.2, -0.15) is 0 Å². The molecule has 0 fully saturated rings. The van der Waals surface area contributed by atoms with E-state index in [4.69, 9.17) is 23.2 Å². The predicted molar refractivity (Wildman–Crippen MR) is 118 cm³/mol. The first-order chi connectivity index (χ1) is 13.7. The summed E-state index contributed by atoms with van der Waals surface area (Å²) in [6.07, 6.45) is 0. The van der Waals surface area contributed by atoms with Crippen LogP contribution >= 0.6 is 23.2 Å². The van der Waals surface area contributed by atoms with Crippen LogP contribution in [0.3, 0.4) is 0 Å². The molecule has 0 aliphatic rings. The van der Waals surface area contributed by atoms with E-state index in [1.165, 1.54) is 18.2 Å². The van der Waals surface area contributed by atoms with Gasteiger partial charge in [-0.3, -0.25) is 9.52 Å². The highest BCUT2D eigenvalue weighted by molar-refractivity contribution is 7.92. The second-order valence-corrected chi connectivity index (χ2v) is 8.95. The van der Waals surface area contributed by atoms with Crippen molar-refractivity contribution in [1.29, 1.82) is 0 Å². The van der Waals surface area contributed by atoms with Gasteiger partial charge in [-0.05, 0) is 67.4 Å². The van der Waals surface area contributed by atoms with Gasteiger partial charge in [0, 0.05) is 11.3 Å². The third kappa shape index (κ3) is 4.90. The Labute approximate surface area is 179 Å². The van der Waals surface area contributed by atoms with E-state index in [1.807, 2.05) is 19.9 Å². The molecule has 0 saturated carbocycles. The second-order valence-electron chi connectivity index (χ2n) is 6.48. The van der Waals surface area contributed by atoms with E-state index in [9.17, 15) is 13.2 Å². The molecule has 0 radical (unpaired) electrons. The Hall–Kier alpha value is -2.54. The largest absolute Gasteiger partial charge is 0.321 e. The van der Waals surface area contributed by atoms with Gasteiger partial charge in [-0.25, -0.2) is 8.42 Å². The Morgan fingerprint density at radius 1 is 0.862 bits per heavy atom. The van der Waals surface area contributed by atoms with E-state index in [0.29, 0.717) is 16.4 Å². The summed E-state index contributed by atoms with van der Waals surface area (Å²) in [7, 11) is -4.00. The van der Waals surface area contributed by atoms with Crippen LogP contribution in [-0.4, -0.2) is 14.3 Å². The zero-order valence-electron chi connectivity index (χ0n) is 15.7. The van der Waals surface area contributed by atoms with Gasteiger partial charge in [0.1, 0.15) is 4.90 Å². The number of rotatable bonds is 5. The van der Waals surface area contributed by atoms with E-state index in [2.05, 4.69) is 10.0 Å². The first-order valence-electron chi connectivity index (χ1n) is 8.63. The first kappa shape index (κ1) is 21.2. The fourth-order valence-corrected chi connectivity index (χ4v) is 4.38. The lowest BCUT2D eigenvalue weighted by atomic mass is 10.1. The maximum atomic E-state index is 12.9. The van der Waals surface area contributed by atoms with Gasteiger partial charge >= 0.3 is 0 Å². The van der Waals surface area contributed by atoms with Crippen LogP contribution in [0.15, 0.2) is 65.6 Å². The Morgan fingerprint density at radius 2 is 1.59 bits per heavy atom. The topological polar surface area (TPSA) is 75.3 Å². The van der Waals surface area contributed by atoms with Crippen molar-refractivity contribution in [3.05, 3.63) is 87.4 Å². The van der Waals surface area contributed by atoms with Crippen molar-refractivity contribution in [3.8, 4) is 0 Å². The summed E-state index contributed by atoms with van der Waals surface area (Å²) < 4.78 is 28.2. The number of amides is 1. The van der Waals surface area contributed by atoms with Crippen LogP contribution in [0, 0.1) is 13.8 Å². The average Bonchev–Trinajstić information content (AvgIpc) is 2.66. The Bertz CT molecular complexity index is 1190. The molecule has 3 aromatic rings. The zero-order valence-corrected chi connectivity index (χ0v) is 18.0. The molecule has 3 aromatic carbocycles. The van der Waals surface area contributed by atoms with Crippen molar-refractivity contribution >= 4 is 50.5 Å². The van der Waals surface area contributed by atoms with Crippen molar-refractivity contribution in [2.75, 3.05) is 10.0 Å². The molecule has 5 nitrogen and oxygen atoms in total. The molecular weight excluding hydrogens is 431 g/mol. The molecule has 0 unspecified atom stereocenters. The van der Waals surface area contributed by atoms with Gasteiger partial charge < -0.3 is 5.32 Å². The molecule has 2 N–H and O–H groups in total. The highest BCUT2D eigenvalue weighted by Crippen LogP contribution is 2.27. The van der Waals surface area contributed by atoms with Gasteiger partial charge in [-0.1, -0.05) is 41.4 Å². The van der Waals surface area contributed by atoms with Crippen molar-refractivity contribution in [2.24, 2.45) is 0 Å². The van der Waals surface area contributed by atoms with Crippen molar-refractivity contribution in [1.82, 2.24) is 0 Å². The van der Waals surface area contributed by atoms with Crippen molar-refractivity contribution in [3.63, 3.8) is 0 Å². The van der Waals surface area contributed by atoms with Gasteiger partial charge in [0.25, 0.3) is 15.9 Å². The molecule has 1 amide bonds. The maximum Gasteiger partial charge on any atom is 0.263 e. The number of carbonyl (C=O) groups is 1. The van der Waals surface area contributed by atoms with Crippen molar-refractivity contribution in [2.45, 2.75) is 18.7 Å². The number of carbonyl (C=O) groups excluding carboxylic acids is 1. The second kappa shape index (κ2) is 8.45. The number of anilines is 2. The highest BCUT2D eigenvalue weighted by atomic mass is 35.5. The highest BCUT2D eigenvalue weighted by Gasteiger charge is 2.21. The number of halogens is 2. The lowest BCUT2D eigenvalue weighted by Crippen LogP contribution is -2.16. The Morgan fingerprint density at radius 3 is 2.28 bits per heavy atom. The molecule has 0 aliphatic heterocycles. The third-order valence-corrected chi connectivity index (χ3v) is 6.56. The van der Waals surface area contributed by atoms with Crippen LogP contribution < -0.4 is 10.0 Å². The summed E-state index contributed by atoms with van der Waals surface area (Å²) in [6, 6.07) is 16.0. The van der Waals surface area contributed by atoms with Gasteiger partial charge in [0.15, 0.2) is 0 Å². The number of para-hydroxylation sites is 1. The normalized spacial score (nSPS) is 11.2. The van der Waals surface area contributed by atoms with Crippen LogP contribution in [-0.2, 0) is 10.0 Å². The SMILES string of the molecule is Cc1ccc(NS(=O)(=O)c2cc(C(=O)Nc3ccccc3Cl)ccc2Cl)cc1C. The summed E-state index contributed by atoms with van der Waals surface area (Å²) >= 11 is 12.2. The van der Waals surface area contributed by atoms with E-state index in [-0.39, 0.29) is 15.5 Å². The van der Waals surface area contributed by atoms with E-state index in [1.54, 1.807) is 36.4 Å². The quantitative estimate of drug-likeness (QED) is 0.528. The molecule has 0 bridgehead atoms. The zero-order chi connectivity index (χ0) is 21.2. The molecule has 0 saturated heterocycles. The molecule has 3 rings (SSSR count). The van der Waals surface area contributed by atoms with E-state index >= 15 is 0 Å². The van der Waals surface area contributed by atoms with Crippen molar-refractivity contribution < 1.29 is 13.2 Å². The van der Waals surface area contributed by atoms with Crippen LogP contribution in [0.5, 0.6) is 0 Å². The van der Waals surface area contributed by atoms with Gasteiger partial charge in [0.2, 0.25) is 0 Å². The number of hydrogen-bond acceptors (Lipinski definition) is 3. The molecule has 0 atom stereocenters. The molecular formula is C21H18Cl2N2O3S. The van der Waals surface area contributed by atoms with E-state index < -0.39 is 15.9 Å². The molecule has 8 heteroatoms. The fourth-order valence-electron chi connectivity index (χ4n) is 2.62. The van der Waals surface area contributed by atoms with Crippen LogP contribution in [0.1, 0.15) is 21.5 Å². The van der Waals surface area contributed by atoms with Gasteiger partial charge in [-0.15, -0.1) is 0 Å².